The number of anilines is 3. The zero-order valence-electron chi connectivity index (χ0n) is 15.1. The van der Waals surface area contributed by atoms with E-state index in [0.717, 1.165) is 12.1 Å². The number of alkyl halides is 3. The number of ether oxygens (including phenoxy) is 1. The van der Waals surface area contributed by atoms with Crippen LogP contribution in [-0.4, -0.2) is 32.2 Å². The van der Waals surface area contributed by atoms with Gasteiger partial charge < -0.3 is 26.4 Å². The fourth-order valence-electron chi connectivity index (χ4n) is 2.97. The summed E-state index contributed by atoms with van der Waals surface area (Å²) in [6.07, 6.45) is -4.56. The summed E-state index contributed by atoms with van der Waals surface area (Å²) in [7, 11) is 0. The van der Waals surface area contributed by atoms with E-state index in [0.29, 0.717) is 48.9 Å². The van der Waals surface area contributed by atoms with E-state index >= 15 is 0 Å². The molecule has 1 aliphatic heterocycles. The third kappa shape index (κ3) is 4.55. The predicted octanol–water partition coefficient (Wildman–Crippen LogP) is 2.84. The molecule has 6 nitrogen and oxygen atoms in total. The van der Waals surface area contributed by atoms with Crippen LogP contribution in [0.25, 0.3) is 0 Å². The van der Waals surface area contributed by atoms with Crippen molar-refractivity contribution in [2.24, 2.45) is 5.73 Å². The molecule has 150 valence electrons. The van der Waals surface area contributed by atoms with Crippen LogP contribution in [0.4, 0.5) is 30.2 Å². The molecule has 0 radical (unpaired) electrons. The maximum absolute atomic E-state index is 13.3. The van der Waals surface area contributed by atoms with Gasteiger partial charge in [-0.15, -0.1) is 0 Å². The molecule has 9 heteroatoms. The van der Waals surface area contributed by atoms with Gasteiger partial charge in [-0.25, -0.2) is 0 Å². The Balaban J connectivity index is 1.90. The molecule has 0 atom stereocenters. The molecule has 5 N–H and O–H groups in total. The molecule has 2 aromatic carbocycles. The van der Waals surface area contributed by atoms with Crippen LogP contribution in [0, 0.1) is 0 Å². The van der Waals surface area contributed by atoms with Crippen molar-refractivity contribution in [3.63, 3.8) is 0 Å². The second-order valence-corrected chi connectivity index (χ2v) is 6.44. The van der Waals surface area contributed by atoms with Gasteiger partial charge in [-0.3, -0.25) is 4.79 Å². The van der Waals surface area contributed by atoms with Crippen molar-refractivity contribution >= 4 is 23.0 Å². The summed E-state index contributed by atoms with van der Waals surface area (Å²) >= 11 is 0. The lowest BCUT2D eigenvalue weighted by Crippen LogP contribution is -2.36. The fraction of sp³-hybridized carbons (Fsp3) is 0.316. The van der Waals surface area contributed by atoms with Gasteiger partial charge in [0.05, 0.1) is 18.8 Å². The first kappa shape index (κ1) is 20.0. The zero-order valence-corrected chi connectivity index (χ0v) is 15.1. The Morgan fingerprint density at radius 1 is 1.14 bits per heavy atom. The van der Waals surface area contributed by atoms with E-state index in [9.17, 15) is 18.0 Å². The molecule has 1 amide bonds. The molecule has 0 aliphatic carbocycles. The number of benzene rings is 2. The third-order valence-electron chi connectivity index (χ3n) is 4.51. The Labute approximate surface area is 160 Å². The number of morpholine rings is 1. The smallest absolute Gasteiger partial charge is 0.398 e. The molecule has 0 unspecified atom stereocenters. The molecular formula is C19H21F3N4O2. The SMILES string of the molecule is NCc1ccc(NC(=O)c2cc(N3CCOCC3)cc(C(F)(F)F)c2)cc1N. The maximum atomic E-state index is 13.3. The van der Waals surface area contributed by atoms with Crippen molar-refractivity contribution in [3.05, 3.63) is 53.1 Å². The van der Waals surface area contributed by atoms with Gasteiger partial charge in [-0.2, -0.15) is 13.2 Å². The average Bonchev–Trinajstić information content (AvgIpc) is 2.68. The quantitative estimate of drug-likeness (QED) is 0.694. The maximum Gasteiger partial charge on any atom is 0.416 e. The van der Waals surface area contributed by atoms with E-state index in [4.69, 9.17) is 16.2 Å². The number of halogens is 3. The average molecular weight is 394 g/mol. The van der Waals surface area contributed by atoms with Crippen LogP contribution in [0.5, 0.6) is 0 Å². The van der Waals surface area contributed by atoms with Gasteiger partial charge in [0.25, 0.3) is 5.91 Å². The van der Waals surface area contributed by atoms with Crippen LogP contribution in [0.3, 0.4) is 0 Å². The van der Waals surface area contributed by atoms with Crippen molar-refractivity contribution in [2.45, 2.75) is 12.7 Å². The number of carbonyl (C=O) groups excluding carboxylic acids is 1. The third-order valence-corrected chi connectivity index (χ3v) is 4.51. The Morgan fingerprint density at radius 2 is 1.86 bits per heavy atom. The van der Waals surface area contributed by atoms with E-state index in [1.54, 1.807) is 17.0 Å². The largest absolute Gasteiger partial charge is 0.416 e. The second kappa shape index (κ2) is 8.07. The van der Waals surface area contributed by atoms with Crippen molar-refractivity contribution in [3.8, 4) is 0 Å². The highest BCUT2D eigenvalue weighted by Gasteiger charge is 2.32. The normalized spacial score (nSPS) is 14.8. The number of hydrogen-bond acceptors (Lipinski definition) is 5. The van der Waals surface area contributed by atoms with E-state index in [-0.39, 0.29) is 12.1 Å². The molecule has 0 spiro atoms. The first-order valence-corrected chi connectivity index (χ1v) is 8.73. The summed E-state index contributed by atoms with van der Waals surface area (Å²) in [5, 5.41) is 2.59. The summed E-state index contributed by atoms with van der Waals surface area (Å²) in [6.45, 7) is 2.00. The van der Waals surface area contributed by atoms with Crippen LogP contribution in [0.15, 0.2) is 36.4 Å². The first-order chi connectivity index (χ1) is 13.3. The number of amides is 1. The van der Waals surface area contributed by atoms with Crippen LogP contribution in [0.2, 0.25) is 0 Å². The monoisotopic (exact) mass is 394 g/mol. The number of nitrogens with zero attached hydrogens (tertiary/aromatic N) is 1. The highest BCUT2D eigenvalue weighted by Crippen LogP contribution is 2.33. The number of rotatable bonds is 4. The second-order valence-electron chi connectivity index (χ2n) is 6.44. The standard InChI is InChI=1S/C19H21F3N4O2/c20-19(21,22)14-7-13(8-16(9-14)26-3-5-28-6-4-26)18(27)25-15-2-1-12(11-23)17(24)10-15/h1-2,7-10H,3-6,11,23-24H2,(H,25,27). The Morgan fingerprint density at radius 3 is 2.46 bits per heavy atom. The number of carbonyl (C=O) groups is 1. The van der Waals surface area contributed by atoms with Gasteiger partial charge in [0.1, 0.15) is 0 Å². The molecule has 0 aromatic heterocycles. The minimum Gasteiger partial charge on any atom is -0.398 e. The Hall–Kier alpha value is -2.78. The fourth-order valence-corrected chi connectivity index (χ4v) is 2.97. The summed E-state index contributed by atoms with van der Waals surface area (Å²) in [4.78, 5) is 14.4. The number of nitrogens with one attached hydrogen (secondary N) is 1. The number of nitrogens with two attached hydrogens (primary N) is 2. The molecule has 3 rings (SSSR count). The summed E-state index contributed by atoms with van der Waals surface area (Å²) < 4.78 is 45.3. The lowest BCUT2D eigenvalue weighted by Gasteiger charge is -2.29. The molecule has 1 fully saturated rings. The van der Waals surface area contributed by atoms with Crippen LogP contribution < -0.4 is 21.7 Å². The van der Waals surface area contributed by atoms with Crippen LogP contribution in [-0.2, 0) is 17.5 Å². The molecule has 2 aromatic rings. The minimum atomic E-state index is -4.56. The van der Waals surface area contributed by atoms with Gasteiger partial charge in [0.15, 0.2) is 0 Å². The van der Waals surface area contributed by atoms with Gasteiger partial charge in [0.2, 0.25) is 0 Å². The minimum absolute atomic E-state index is 0.0854. The van der Waals surface area contributed by atoms with E-state index < -0.39 is 17.6 Å². The van der Waals surface area contributed by atoms with Gasteiger partial charge in [0, 0.05) is 42.3 Å². The molecule has 0 bridgehead atoms. The molecule has 28 heavy (non-hydrogen) atoms. The van der Waals surface area contributed by atoms with Crippen molar-refractivity contribution in [1.29, 1.82) is 0 Å². The van der Waals surface area contributed by atoms with Crippen LogP contribution in [0.1, 0.15) is 21.5 Å². The highest BCUT2D eigenvalue weighted by molar-refractivity contribution is 6.05. The predicted molar refractivity (Wildman–Crippen MR) is 101 cm³/mol. The van der Waals surface area contributed by atoms with E-state index in [1.165, 1.54) is 12.1 Å². The van der Waals surface area contributed by atoms with Crippen molar-refractivity contribution in [2.75, 3.05) is 42.3 Å². The van der Waals surface area contributed by atoms with Crippen LogP contribution >= 0.6 is 0 Å². The molecule has 1 heterocycles. The lowest BCUT2D eigenvalue weighted by atomic mass is 10.1. The first-order valence-electron chi connectivity index (χ1n) is 8.73. The van der Waals surface area contributed by atoms with Gasteiger partial charge in [-0.1, -0.05) is 6.07 Å². The van der Waals surface area contributed by atoms with Crippen molar-refractivity contribution in [1.82, 2.24) is 0 Å². The summed E-state index contributed by atoms with van der Waals surface area (Å²) in [5.74, 6) is -0.652. The van der Waals surface area contributed by atoms with E-state index in [1.807, 2.05) is 0 Å². The molecular weight excluding hydrogens is 373 g/mol. The number of nitrogen functional groups attached to an aromatic ring is 1. The Bertz CT molecular complexity index is 865. The molecule has 1 aliphatic rings. The lowest BCUT2D eigenvalue weighted by molar-refractivity contribution is -0.137. The van der Waals surface area contributed by atoms with E-state index in [2.05, 4.69) is 5.32 Å². The molecule has 0 saturated carbocycles. The zero-order chi connectivity index (χ0) is 20.3. The van der Waals surface area contributed by atoms with Crippen molar-refractivity contribution < 1.29 is 22.7 Å². The number of hydrogen-bond donors (Lipinski definition) is 3. The summed E-state index contributed by atoms with van der Waals surface area (Å²) in [5.41, 5.74) is 12.3. The molecule has 1 saturated heterocycles. The van der Waals surface area contributed by atoms with Gasteiger partial charge >= 0.3 is 6.18 Å². The van der Waals surface area contributed by atoms with Gasteiger partial charge in [-0.05, 0) is 35.9 Å². The Kier molecular flexibility index (Phi) is 5.76. The highest BCUT2D eigenvalue weighted by atomic mass is 19.4. The topological polar surface area (TPSA) is 93.6 Å². The summed E-state index contributed by atoms with van der Waals surface area (Å²) in [6, 6.07) is 8.14.